The number of amides is 2. The average molecular weight is 408 g/mol. The third-order valence-corrected chi connectivity index (χ3v) is 6.18. The first-order chi connectivity index (χ1) is 14.5. The van der Waals surface area contributed by atoms with E-state index in [9.17, 15) is 9.59 Å². The van der Waals surface area contributed by atoms with Gasteiger partial charge in [0.1, 0.15) is 17.8 Å². The molecule has 5 rings (SSSR count). The molecule has 30 heavy (non-hydrogen) atoms. The quantitative estimate of drug-likeness (QED) is 0.578. The van der Waals surface area contributed by atoms with E-state index < -0.39 is 0 Å². The molecule has 1 aliphatic carbocycles. The molecule has 1 aliphatic heterocycles. The number of anilines is 1. The van der Waals surface area contributed by atoms with Crippen LogP contribution in [0.3, 0.4) is 0 Å². The number of H-pyrrole nitrogens is 1. The molecule has 1 fully saturated rings. The molecule has 0 unspecified atom stereocenters. The van der Waals surface area contributed by atoms with Crippen molar-refractivity contribution in [2.75, 3.05) is 18.5 Å². The predicted molar refractivity (Wildman–Crippen MR) is 110 cm³/mol. The molecule has 4 heterocycles. The molecule has 0 saturated heterocycles. The summed E-state index contributed by atoms with van der Waals surface area (Å²) in [4.78, 5) is 38.7. The summed E-state index contributed by atoms with van der Waals surface area (Å²) in [7, 11) is 3.52. The fourth-order valence-electron chi connectivity index (χ4n) is 4.47. The number of carbonyl (C=O) groups excluding carboxylic acids is 2. The van der Waals surface area contributed by atoms with Gasteiger partial charge in [-0.15, -0.1) is 0 Å². The minimum atomic E-state index is -0.177. The Hall–Kier alpha value is -3.43. The molecule has 0 radical (unpaired) electrons. The zero-order valence-electron chi connectivity index (χ0n) is 17.0. The van der Waals surface area contributed by atoms with Crippen molar-refractivity contribution in [3.63, 3.8) is 0 Å². The highest BCUT2D eigenvalue weighted by Crippen LogP contribution is 2.31. The van der Waals surface area contributed by atoms with E-state index in [1.54, 1.807) is 13.4 Å². The van der Waals surface area contributed by atoms with E-state index in [0.717, 1.165) is 41.1 Å². The summed E-state index contributed by atoms with van der Waals surface area (Å²) in [6.45, 7) is 1.36. The van der Waals surface area contributed by atoms with Crippen LogP contribution in [0.2, 0.25) is 0 Å². The third-order valence-electron chi connectivity index (χ3n) is 6.18. The lowest BCUT2D eigenvalue weighted by molar-refractivity contribution is -0.127. The molecule has 0 spiro atoms. The Morgan fingerprint density at radius 1 is 1.27 bits per heavy atom. The van der Waals surface area contributed by atoms with Crippen molar-refractivity contribution in [2.24, 2.45) is 13.0 Å². The van der Waals surface area contributed by atoms with Gasteiger partial charge in [0.05, 0.1) is 5.39 Å². The van der Waals surface area contributed by atoms with E-state index in [4.69, 9.17) is 0 Å². The largest absolute Gasteiger partial charge is 0.359 e. The second-order valence-corrected chi connectivity index (χ2v) is 7.96. The molecule has 156 valence electrons. The molecule has 3 aromatic rings. The molecule has 10 heteroatoms. The van der Waals surface area contributed by atoms with Crippen LogP contribution in [-0.2, 0) is 24.8 Å². The maximum Gasteiger partial charge on any atom is 0.272 e. The number of hydrogen-bond donors (Lipinski definition) is 3. The molecule has 2 aliphatic rings. The van der Waals surface area contributed by atoms with Crippen molar-refractivity contribution in [2.45, 2.75) is 31.8 Å². The Bertz CT molecular complexity index is 1130. The van der Waals surface area contributed by atoms with Gasteiger partial charge < -0.3 is 20.5 Å². The summed E-state index contributed by atoms with van der Waals surface area (Å²) >= 11 is 0. The van der Waals surface area contributed by atoms with Crippen molar-refractivity contribution in [1.29, 1.82) is 0 Å². The number of nitrogens with one attached hydrogen (secondary N) is 3. The van der Waals surface area contributed by atoms with Crippen LogP contribution in [0.1, 0.15) is 34.6 Å². The fraction of sp³-hybridized carbons (Fsp3) is 0.450. The topological polar surface area (TPSA) is 121 Å². The maximum atomic E-state index is 13.0. The van der Waals surface area contributed by atoms with Crippen LogP contribution in [-0.4, -0.2) is 56.2 Å². The predicted octanol–water partition coefficient (Wildman–Crippen LogP) is 0.509. The van der Waals surface area contributed by atoms with Gasteiger partial charge in [-0.3, -0.25) is 14.3 Å². The first-order valence-corrected chi connectivity index (χ1v) is 10.2. The highest BCUT2D eigenvalue weighted by atomic mass is 16.2. The van der Waals surface area contributed by atoms with Gasteiger partial charge >= 0.3 is 0 Å². The molecule has 10 nitrogen and oxygen atoms in total. The van der Waals surface area contributed by atoms with E-state index in [2.05, 4.69) is 35.6 Å². The van der Waals surface area contributed by atoms with Crippen molar-refractivity contribution in [1.82, 2.24) is 35.4 Å². The Morgan fingerprint density at radius 3 is 2.90 bits per heavy atom. The van der Waals surface area contributed by atoms with E-state index >= 15 is 0 Å². The molecule has 0 bridgehead atoms. The smallest absolute Gasteiger partial charge is 0.272 e. The first-order valence-electron chi connectivity index (χ1n) is 10.2. The highest BCUT2D eigenvalue weighted by Gasteiger charge is 2.36. The van der Waals surface area contributed by atoms with Crippen molar-refractivity contribution >= 4 is 28.7 Å². The number of carbonyl (C=O) groups is 2. The van der Waals surface area contributed by atoms with Gasteiger partial charge in [0.15, 0.2) is 5.69 Å². The number of aromatic amines is 1. The molecule has 3 aromatic heterocycles. The number of aromatic nitrogens is 5. The summed E-state index contributed by atoms with van der Waals surface area (Å²) in [5.74, 6) is 0.695. The van der Waals surface area contributed by atoms with Crippen LogP contribution in [0.5, 0.6) is 0 Å². The Morgan fingerprint density at radius 2 is 2.10 bits per heavy atom. The fourth-order valence-corrected chi connectivity index (χ4v) is 4.47. The summed E-state index contributed by atoms with van der Waals surface area (Å²) in [5, 5.41) is 11.2. The van der Waals surface area contributed by atoms with Gasteiger partial charge in [0.2, 0.25) is 5.91 Å². The van der Waals surface area contributed by atoms with Crippen LogP contribution >= 0.6 is 0 Å². The van der Waals surface area contributed by atoms with Crippen LogP contribution in [0.25, 0.3) is 11.0 Å². The highest BCUT2D eigenvalue weighted by molar-refractivity contribution is 5.95. The van der Waals surface area contributed by atoms with Crippen molar-refractivity contribution in [3.8, 4) is 0 Å². The Kier molecular flexibility index (Phi) is 4.41. The van der Waals surface area contributed by atoms with E-state index in [1.165, 1.54) is 0 Å². The lowest BCUT2D eigenvalue weighted by atomic mass is 9.79. The molecular formula is C20H24N8O2. The molecule has 0 atom stereocenters. The van der Waals surface area contributed by atoms with Crippen molar-refractivity contribution in [3.05, 3.63) is 35.5 Å². The van der Waals surface area contributed by atoms with Crippen LogP contribution in [0.4, 0.5) is 5.82 Å². The van der Waals surface area contributed by atoms with Gasteiger partial charge in [0, 0.05) is 63.0 Å². The monoisotopic (exact) mass is 408 g/mol. The van der Waals surface area contributed by atoms with Crippen molar-refractivity contribution < 1.29 is 9.59 Å². The third kappa shape index (κ3) is 2.99. The normalized spacial score (nSPS) is 20.5. The zero-order chi connectivity index (χ0) is 20.8. The summed E-state index contributed by atoms with van der Waals surface area (Å²) in [6, 6.07) is 1.98. The lowest BCUT2D eigenvalue weighted by Crippen LogP contribution is -2.49. The molecular weight excluding hydrogens is 384 g/mol. The van der Waals surface area contributed by atoms with Crippen LogP contribution < -0.4 is 15.5 Å². The Balaban J connectivity index is 1.35. The van der Waals surface area contributed by atoms with Gasteiger partial charge in [-0.2, -0.15) is 5.10 Å². The summed E-state index contributed by atoms with van der Waals surface area (Å²) < 4.78 is 1.81. The van der Waals surface area contributed by atoms with Gasteiger partial charge in [0.25, 0.3) is 5.91 Å². The molecule has 3 N–H and O–H groups in total. The van der Waals surface area contributed by atoms with E-state index in [1.807, 2.05) is 24.0 Å². The number of nitrogens with zero attached hydrogens (tertiary/aromatic N) is 5. The minimum absolute atomic E-state index is 0.0125. The number of rotatable bonds is 4. The van der Waals surface area contributed by atoms with Crippen LogP contribution in [0.15, 0.2) is 18.6 Å². The van der Waals surface area contributed by atoms with Gasteiger partial charge in [-0.05, 0) is 18.9 Å². The molecule has 2 amide bonds. The minimum Gasteiger partial charge on any atom is -0.359 e. The number of aryl methyl sites for hydroxylation is 1. The van der Waals surface area contributed by atoms with E-state index in [0.29, 0.717) is 25.1 Å². The second-order valence-electron chi connectivity index (χ2n) is 7.96. The average Bonchev–Trinajstić information content (AvgIpc) is 3.34. The summed E-state index contributed by atoms with van der Waals surface area (Å²) in [6.07, 6.45) is 5.52. The second kappa shape index (κ2) is 7.12. The lowest BCUT2D eigenvalue weighted by Gasteiger charge is -2.34. The van der Waals surface area contributed by atoms with Gasteiger partial charge in [-0.25, -0.2) is 9.97 Å². The van der Waals surface area contributed by atoms with Gasteiger partial charge in [-0.1, -0.05) is 0 Å². The molecule has 1 saturated carbocycles. The zero-order valence-corrected chi connectivity index (χ0v) is 17.0. The maximum absolute atomic E-state index is 13.0. The summed E-state index contributed by atoms with van der Waals surface area (Å²) in [5.41, 5.74) is 3.27. The number of hydrogen-bond acceptors (Lipinski definition) is 6. The Labute approximate surface area is 173 Å². The van der Waals surface area contributed by atoms with Crippen LogP contribution in [0, 0.1) is 5.92 Å². The molecule has 0 aromatic carbocycles. The first kappa shape index (κ1) is 18.6. The number of fused-ring (bicyclic) bond motifs is 2. The van der Waals surface area contributed by atoms with E-state index in [-0.39, 0.29) is 23.8 Å². The SMILES string of the molecule is CNC(=O)C1CC(NC(=O)c2nn(C)c3c2CN(c2ncnc4[nH]ccc24)CC3)C1. The standard InChI is InChI=1S/C20H24N8O2/c1-21-19(29)11-7-12(8-11)25-20(30)16-14-9-28(6-4-15(14)27(2)26-16)18-13-3-5-22-17(13)23-10-24-18/h3,5,10-12H,4,6-9H2,1-2H3,(H,21,29)(H,25,30)(H,22,23,24).